The first kappa shape index (κ1) is 12.5. The van der Waals surface area contributed by atoms with Crippen LogP contribution in [0.25, 0.3) is 0 Å². The van der Waals surface area contributed by atoms with Crippen LogP contribution >= 0.6 is 11.3 Å². The predicted molar refractivity (Wildman–Crippen MR) is 70.5 cm³/mol. The van der Waals surface area contributed by atoms with Crippen LogP contribution in [0.5, 0.6) is 0 Å². The zero-order chi connectivity index (χ0) is 12.4. The van der Waals surface area contributed by atoms with Crippen LogP contribution in [0.15, 0.2) is 0 Å². The number of aryl methyl sites for hydroxylation is 2. The van der Waals surface area contributed by atoms with Gasteiger partial charge >= 0.3 is 0 Å². The van der Waals surface area contributed by atoms with Crippen LogP contribution in [0.2, 0.25) is 0 Å². The van der Waals surface area contributed by atoms with Crippen LogP contribution < -0.4 is 5.32 Å². The third kappa shape index (κ3) is 2.84. The summed E-state index contributed by atoms with van der Waals surface area (Å²) in [6.07, 6.45) is 2.40. The number of carbonyl (C=O) groups is 1. The molecule has 1 fully saturated rings. The minimum absolute atomic E-state index is 0.0537. The number of amides is 1. The summed E-state index contributed by atoms with van der Waals surface area (Å²) in [6.45, 7) is 8.01. The molecule has 17 heavy (non-hydrogen) atoms. The van der Waals surface area contributed by atoms with Crippen LogP contribution in [0, 0.1) is 13.8 Å². The molecular formula is C12H19N3OS. The van der Waals surface area contributed by atoms with E-state index in [1.54, 1.807) is 11.3 Å². The van der Waals surface area contributed by atoms with Crippen molar-refractivity contribution in [2.45, 2.75) is 39.7 Å². The summed E-state index contributed by atoms with van der Waals surface area (Å²) in [6, 6.07) is -0.0537. The molecule has 1 amide bonds. The van der Waals surface area contributed by atoms with E-state index in [-0.39, 0.29) is 11.9 Å². The zero-order valence-electron chi connectivity index (χ0n) is 10.6. The number of nitrogens with one attached hydrogen (secondary N) is 1. The number of likely N-dealkylation sites (tertiary alicyclic amines) is 1. The second kappa shape index (κ2) is 5.14. The van der Waals surface area contributed by atoms with Crippen LogP contribution in [0.3, 0.4) is 0 Å². The molecule has 94 valence electrons. The highest BCUT2D eigenvalue weighted by Crippen LogP contribution is 2.22. The summed E-state index contributed by atoms with van der Waals surface area (Å²) >= 11 is 1.54. The molecule has 1 aromatic rings. The third-order valence-corrected chi connectivity index (χ3v) is 4.31. The lowest BCUT2D eigenvalue weighted by atomic mass is 10.3. The van der Waals surface area contributed by atoms with E-state index >= 15 is 0 Å². The first-order chi connectivity index (χ1) is 8.08. The van der Waals surface area contributed by atoms with Gasteiger partial charge in [0.15, 0.2) is 5.13 Å². The van der Waals surface area contributed by atoms with E-state index < -0.39 is 0 Å². The van der Waals surface area contributed by atoms with Gasteiger partial charge < -0.3 is 5.32 Å². The predicted octanol–water partition coefficient (Wildman–Crippen LogP) is 2.18. The van der Waals surface area contributed by atoms with E-state index in [2.05, 4.69) is 15.2 Å². The lowest BCUT2D eigenvalue weighted by Crippen LogP contribution is -2.40. The van der Waals surface area contributed by atoms with Gasteiger partial charge in [-0.25, -0.2) is 4.98 Å². The molecule has 0 unspecified atom stereocenters. The Bertz CT molecular complexity index is 390. The fourth-order valence-electron chi connectivity index (χ4n) is 2.03. The van der Waals surface area contributed by atoms with Crippen molar-refractivity contribution in [3.05, 3.63) is 10.6 Å². The van der Waals surface area contributed by atoms with Crippen molar-refractivity contribution in [3.63, 3.8) is 0 Å². The molecule has 2 heterocycles. The molecular weight excluding hydrogens is 234 g/mol. The van der Waals surface area contributed by atoms with Crippen LogP contribution in [-0.4, -0.2) is 34.9 Å². The number of hydrogen-bond donors (Lipinski definition) is 1. The van der Waals surface area contributed by atoms with Gasteiger partial charge in [0.25, 0.3) is 0 Å². The van der Waals surface area contributed by atoms with Gasteiger partial charge in [0, 0.05) is 4.88 Å². The van der Waals surface area contributed by atoms with E-state index in [0.717, 1.165) is 28.8 Å². The average molecular weight is 253 g/mol. The average Bonchev–Trinajstić information content (AvgIpc) is 2.89. The van der Waals surface area contributed by atoms with Crippen molar-refractivity contribution in [1.29, 1.82) is 0 Å². The van der Waals surface area contributed by atoms with Gasteiger partial charge in [0.05, 0.1) is 11.7 Å². The second-order valence-electron chi connectivity index (χ2n) is 4.57. The summed E-state index contributed by atoms with van der Waals surface area (Å²) in [5.74, 6) is 0.0562. The SMILES string of the molecule is Cc1nc(NC(=O)[C@H](C)N2CCCC2)sc1C. The molecule has 1 N–H and O–H groups in total. The van der Waals surface area contributed by atoms with Crippen molar-refractivity contribution in [2.75, 3.05) is 18.4 Å². The monoisotopic (exact) mass is 253 g/mol. The van der Waals surface area contributed by atoms with Gasteiger partial charge in [-0.05, 0) is 46.7 Å². The van der Waals surface area contributed by atoms with Gasteiger partial charge in [-0.15, -0.1) is 11.3 Å². The Labute approximate surface area is 106 Å². The molecule has 1 aliphatic rings. The number of hydrogen-bond acceptors (Lipinski definition) is 4. The van der Waals surface area contributed by atoms with E-state index in [4.69, 9.17) is 0 Å². The van der Waals surface area contributed by atoms with Gasteiger partial charge in [-0.2, -0.15) is 0 Å². The fourth-order valence-corrected chi connectivity index (χ4v) is 2.85. The van der Waals surface area contributed by atoms with Crippen molar-refractivity contribution in [3.8, 4) is 0 Å². The molecule has 1 aromatic heterocycles. The number of anilines is 1. The summed E-state index contributed by atoms with van der Waals surface area (Å²) in [5, 5.41) is 3.63. The van der Waals surface area contributed by atoms with Crippen LogP contribution in [0.4, 0.5) is 5.13 Å². The van der Waals surface area contributed by atoms with Crippen LogP contribution in [-0.2, 0) is 4.79 Å². The molecule has 0 aromatic carbocycles. The van der Waals surface area contributed by atoms with Gasteiger partial charge in [0.1, 0.15) is 0 Å². The zero-order valence-corrected chi connectivity index (χ0v) is 11.4. The molecule has 0 aliphatic carbocycles. The summed E-state index contributed by atoms with van der Waals surface area (Å²) in [7, 11) is 0. The van der Waals surface area contributed by atoms with E-state index in [1.165, 1.54) is 12.8 Å². The number of rotatable bonds is 3. The number of thiazole rings is 1. The summed E-state index contributed by atoms with van der Waals surface area (Å²) in [5.41, 5.74) is 0.999. The largest absolute Gasteiger partial charge is 0.301 e. The van der Waals surface area contributed by atoms with Gasteiger partial charge in [-0.3, -0.25) is 9.69 Å². The van der Waals surface area contributed by atoms with E-state index in [0.29, 0.717) is 0 Å². The van der Waals surface area contributed by atoms with E-state index in [1.807, 2.05) is 20.8 Å². The maximum absolute atomic E-state index is 12.0. The lowest BCUT2D eigenvalue weighted by Gasteiger charge is -2.21. The van der Waals surface area contributed by atoms with Gasteiger partial charge in [0.2, 0.25) is 5.91 Å². The summed E-state index contributed by atoms with van der Waals surface area (Å²) in [4.78, 5) is 19.7. The molecule has 2 rings (SSSR count). The molecule has 5 heteroatoms. The third-order valence-electron chi connectivity index (χ3n) is 3.33. The quantitative estimate of drug-likeness (QED) is 0.898. The molecule has 1 aliphatic heterocycles. The molecule has 1 saturated heterocycles. The Morgan fingerprint density at radius 2 is 2.06 bits per heavy atom. The smallest absolute Gasteiger partial charge is 0.243 e. The molecule has 0 bridgehead atoms. The number of nitrogens with zero attached hydrogens (tertiary/aromatic N) is 2. The number of aromatic nitrogens is 1. The topological polar surface area (TPSA) is 45.2 Å². The van der Waals surface area contributed by atoms with Crippen molar-refractivity contribution < 1.29 is 4.79 Å². The molecule has 0 radical (unpaired) electrons. The van der Waals surface area contributed by atoms with Crippen molar-refractivity contribution >= 4 is 22.4 Å². The maximum Gasteiger partial charge on any atom is 0.243 e. The molecule has 0 spiro atoms. The van der Waals surface area contributed by atoms with Crippen molar-refractivity contribution in [2.24, 2.45) is 0 Å². The maximum atomic E-state index is 12.0. The first-order valence-electron chi connectivity index (χ1n) is 6.07. The van der Waals surface area contributed by atoms with Crippen molar-refractivity contribution in [1.82, 2.24) is 9.88 Å². The second-order valence-corrected chi connectivity index (χ2v) is 5.77. The Balaban J connectivity index is 1.96. The first-order valence-corrected chi connectivity index (χ1v) is 6.88. The normalized spacial score (nSPS) is 18.3. The fraction of sp³-hybridized carbons (Fsp3) is 0.667. The molecule has 4 nitrogen and oxygen atoms in total. The minimum Gasteiger partial charge on any atom is -0.301 e. The highest BCUT2D eigenvalue weighted by atomic mass is 32.1. The standard InChI is InChI=1S/C12H19N3OS/c1-8-10(3)17-12(13-8)14-11(16)9(2)15-6-4-5-7-15/h9H,4-7H2,1-3H3,(H,13,14,16)/t9-/m0/s1. The Kier molecular flexibility index (Phi) is 3.79. The Hall–Kier alpha value is -0.940. The minimum atomic E-state index is -0.0537. The Morgan fingerprint density at radius 1 is 1.41 bits per heavy atom. The summed E-state index contributed by atoms with van der Waals surface area (Å²) < 4.78 is 0. The Morgan fingerprint density at radius 3 is 2.59 bits per heavy atom. The van der Waals surface area contributed by atoms with Gasteiger partial charge in [-0.1, -0.05) is 0 Å². The number of carbonyl (C=O) groups excluding carboxylic acids is 1. The van der Waals surface area contributed by atoms with E-state index in [9.17, 15) is 4.79 Å². The molecule has 1 atom stereocenters. The highest BCUT2D eigenvalue weighted by molar-refractivity contribution is 7.15. The molecule has 0 saturated carbocycles. The lowest BCUT2D eigenvalue weighted by molar-refractivity contribution is -0.120. The highest BCUT2D eigenvalue weighted by Gasteiger charge is 2.24. The van der Waals surface area contributed by atoms with Crippen LogP contribution in [0.1, 0.15) is 30.3 Å².